The predicted molar refractivity (Wildman–Crippen MR) is 186 cm³/mol. The van der Waals surface area contributed by atoms with Crippen molar-refractivity contribution >= 4 is 43.9 Å². The average molecular weight is 651 g/mol. The Morgan fingerprint density at radius 1 is 0.851 bits per heavy atom. The summed E-state index contributed by atoms with van der Waals surface area (Å²) in [6.07, 6.45) is 0. The molecule has 11 heteroatoms. The normalized spacial score (nSPS) is 13.6. The number of hydrogen-bond acceptors (Lipinski definition) is 8. The molecule has 0 aliphatic carbocycles. The number of amides is 1. The van der Waals surface area contributed by atoms with E-state index < -0.39 is 10.0 Å². The monoisotopic (exact) mass is 650 g/mol. The molecule has 4 aromatic carbocycles. The molecule has 0 saturated carbocycles. The smallest absolute Gasteiger partial charge is 0.260 e. The lowest BCUT2D eigenvalue weighted by Crippen LogP contribution is -2.50. The molecular weight excluding hydrogens is 613 g/mol. The molecule has 1 aliphatic heterocycles. The second-order valence-corrected chi connectivity index (χ2v) is 13.5. The highest BCUT2D eigenvalue weighted by Gasteiger charge is 2.22. The Kier molecular flexibility index (Phi) is 9.37. The van der Waals surface area contributed by atoms with Gasteiger partial charge in [-0.05, 0) is 68.8 Å². The number of carbonyl (C=O) groups excluding carboxylic acids is 1. The van der Waals surface area contributed by atoms with Crippen LogP contribution in [0.25, 0.3) is 22.0 Å². The van der Waals surface area contributed by atoms with Crippen molar-refractivity contribution in [2.75, 3.05) is 43.0 Å². The van der Waals surface area contributed by atoms with Crippen molar-refractivity contribution in [3.63, 3.8) is 0 Å². The number of nitrogens with one attached hydrogen (secondary N) is 2. The molecule has 0 bridgehead atoms. The molecular formula is C36H38N6O4S. The molecule has 5 aromatic rings. The largest absolute Gasteiger partial charge is 0.484 e. The molecule has 1 aromatic heterocycles. The van der Waals surface area contributed by atoms with Crippen LogP contribution in [0.5, 0.6) is 5.75 Å². The standard InChI is InChI=1S/C36H38N6O4S/c1-25(2)40-47(44,45)33-23-27(14-13-26(33)3)35-31-11-7-8-12-32(31)36(39-38-35)37-28-15-17-30(18-16-28)46-24-34(43)42-21-19-41(20-22-42)29-9-5-4-6-10-29/h4-18,23,25,40H,19-22,24H2,1-3H3,(H,37,39). The molecule has 0 atom stereocenters. The molecule has 1 amide bonds. The molecule has 1 saturated heterocycles. The van der Waals surface area contributed by atoms with E-state index in [9.17, 15) is 13.2 Å². The van der Waals surface area contributed by atoms with Gasteiger partial charge in [-0.15, -0.1) is 10.2 Å². The topological polar surface area (TPSA) is 117 Å². The Morgan fingerprint density at radius 3 is 2.23 bits per heavy atom. The number of carbonyl (C=O) groups is 1. The highest BCUT2D eigenvalue weighted by atomic mass is 32.2. The zero-order chi connectivity index (χ0) is 33.0. The SMILES string of the molecule is Cc1ccc(-c2nnc(Nc3ccc(OCC(=O)N4CCN(c5ccccc5)CC4)cc3)c3ccccc23)cc1S(=O)(=O)NC(C)C. The molecule has 0 unspecified atom stereocenters. The van der Waals surface area contributed by atoms with Crippen LogP contribution < -0.4 is 19.7 Å². The van der Waals surface area contributed by atoms with Crippen LogP contribution in [-0.2, 0) is 14.8 Å². The third kappa shape index (κ3) is 7.37. The molecule has 0 radical (unpaired) electrons. The lowest BCUT2D eigenvalue weighted by atomic mass is 10.0. The van der Waals surface area contributed by atoms with Crippen molar-refractivity contribution in [2.45, 2.75) is 31.7 Å². The quantitative estimate of drug-likeness (QED) is 0.196. The zero-order valence-electron chi connectivity index (χ0n) is 26.7. The van der Waals surface area contributed by atoms with Gasteiger partial charge in [-0.2, -0.15) is 0 Å². The Labute approximate surface area is 275 Å². The van der Waals surface area contributed by atoms with E-state index >= 15 is 0 Å². The summed E-state index contributed by atoms with van der Waals surface area (Å²) < 4.78 is 34.5. The number of rotatable bonds is 10. The number of aromatic nitrogens is 2. The Hall–Kier alpha value is -5.00. The van der Waals surface area contributed by atoms with E-state index in [1.807, 2.05) is 77.7 Å². The van der Waals surface area contributed by atoms with Gasteiger partial charge in [0.1, 0.15) is 11.4 Å². The first-order valence-electron chi connectivity index (χ1n) is 15.6. The fraction of sp³-hybridized carbons (Fsp3) is 0.250. The number of fused-ring (bicyclic) bond motifs is 1. The van der Waals surface area contributed by atoms with Gasteiger partial charge in [0.15, 0.2) is 12.4 Å². The summed E-state index contributed by atoms with van der Waals surface area (Å²) in [7, 11) is -3.70. The highest BCUT2D eigenvalue weighted by Crippen LogP contribution is 2.33. The van der Waals surface area contributed by atoms with Crippen molar-refractivity contribution in [1.82, 2.24) is 19.8 Å². The number of sulfonamides is 1. The molecule has 2 heterocycles. The maximum atomic E-state index is 13.0. The number of ether oxygens (including phenoxy) is 1. The highest BCUT2D eigenvalue weighted by molar-refractivity contribution is 7.89. The number of nitrogens with zero attached hydrogens (tertiary/aromatic N) is 4. The third-order valence-corrected chi connectivity index (χ3v) is 9.86. The van der Waals surface area contributed by atoms with Crippen molar-refractivity contribution in [1.29, 1.82) is 0 Å². The number of benzene rings is 4. The minimum Gasteiger partial charge on any atom is -0.484 e. The van der Waals surface area contributed by atoms with E-state index in [1.54, 1.807) is 32.9 Å². The summed E-state index contributed by atoms with van der Waals surface area (Å²) in [4.78, 5) is 17.2. The predicted octanol–water partition coefficient (Wildman–Crippen LogP) is 5.76. The fourth-order valence-electron chi connectivity index (χ4n) is 5.68. The van der Waals surface area contributed by atoms with Gasteiger partial charge in [0.25, 0.3) is 5.91 Å². The number of anilines is 3. The first-order chi connectivity index (χ1) is 22.7. The van der Waals surface area contributed by atoms with Gasteiger partial charge in [0, 0.05) is 59.9 Å². The Bertz CT molecular complexity index is 1980. The van der Waals surface area contributed by atoms with Crippen LogP contribution in [0.3, 0.4) is 0 Å². The number of piperazine rings is 1. The van der Waals surface area contributed by atoms with Crippen LogP contribution >= 0.6 is 0 Å². The van der Waals surface area contributed by atoms with E-state index in [2.05, 4.69) is 37.3 Å². The number of hydrogen-bond donors (Lipinski definition) is 2. The molecule has 2 N–H and O–H groups in total. The van der Waals surface area contributed by atoms with Gasteiger partial charge in [0.2, 0.25) is 10.0 Å². The van der Waals surface area contributed by atoms with Crippen LogP contribution in [0.4, 0.5) is 17.2 Å². The molecule has 0 spiro atoms. The molecule has 10 nitrogen and oxygen atoms in total. The summed E-state index contributed by atoms with van der Waals surface area (Å²) in [6.45, 7) is 8.23. The molecule has 1 fully saturated rings. The first-order valence-corrected chi connectivity index (χ1v) is 17.1. The molecule has 47 heavy (non-hydrogen) atoms. The van der Waals surface area contributed by atoms with Crippen molar-refractivity contribution < 1.29 is 17.9 Å². The summed E-state index contributed by atoms with van der Waals surface area (Å²) >= 11 is 0. The third-order valence-electron chi connectivity index (χ3n) is 8.06. The molecule has 242 valence electrons. The van der Waals surface area contributed by atoms with Gasteiger partial charge in [-0.25, -0.2) is 13.1 Å². The number of para-hydroxylation sites is 1. The van der Waals surface area contributed by atoms with Gasteiger partial charge in [-0.3, -0.25) is 4.79 Å². The Balaban J connectivity index is 1.12. The van der Waals surface area contributed by atoms with E-state index in [-0.39, 0.29) is 23.5 Å². The average Bonchev–Trinajstić information content (AvgIpc) is 3.08. The molecule has 1 aliphatic rings. The fourth-order valence-corrected chi connectivity index (χ4v) is 7.20. The minimum atomic E-state index is -3.70. The van der Waals surface area contributed by atoms with E-state index in [0.717, 1.165) is 29.5 Å². The Morgan fingerprint density at radius 2 is 1.53 bits per heavy atom. The van der Waals surface area contributed by atoms with Crippen LogP contribution in [0.15, 0.2) is 102 Å². The summed E-state index contributed by atoms with van der Waals surface area (Å²) in [5.74, 6) is 1.12. The maximum absolute atomic E-state index is 13.0. The first kappa shape index (κ1) is 32.0. The van der Waals surface area contributed by atoms with Gasteiger partial charge >= 0.3 is 0 Å². The second-order valence-electron chi connectivity index (χ2n) is 11.8. The summed E-state index contributed by atoms with van der Waals surface area (Å²) in [5.41, 5.74) is 3.84. The molecule has 6 rings (SSSR count). The van der Waals surface area contributed by atoms with Gasteiger partial charge < -0.3 is 19.9 Å². The van der Waals surface area contributed by atoms with E-state index in [4.69, 9.17) is 4.74 Å². The number of aryl methyl sites for hydroxylation is 1. The minimum absolute atomic E-state index is 0.0226. The lowest BCUT2D eigenvalue weighted by Gasteiger charge is -2.36. The van der Waals surface area contributed by atoms with E-state index in [1.165, 1.54) is 5.69 Å². The van der Waals surface area contributed by atoms with Crippen molar-refractivity contribution in [3.8, 4) is 17.0 Å². The van der Waals surface area contributed by atoms with Gasteiger partial charge in [-0.1, -0.05) is 54.6 Å². The maximum Gasteiger partial charge on any atom is 0.260 e. The second kappa shape index (κ2) is 13.8. The van der Waals surface area contributed by atoms with Crippen molar-refractivity contribution in [2.24, 2.45) is 0 Å². The summed E-state index contributed by atoms with van der Waals surface area (Å²) in [5, 5.41) is 14.0. The van der Waals surface area contributed by atoms with E-state index in [0.29, 0.717) is 41.5 Å². The van der Waals surface area contributed by atoms with Crippen LogP contribution in [0.2, 0.25) is 0 Å². The van der Waals surface area contributed by atoms with Crippen molar-refractivity contribution in [3.05, 3.63) is 103 Å². The van der Waals surface area contributed by atoms with Crippen LogP contribution in [-0.4, -0.2) is 68.2 Å². The van der Waals surface area contributed by atoms with Crippen LogP contribution in [0.1, 0.15) is 19.4 Å². The summed E-state index contributed by atoms with van der Waals surface area (Å²) in [6, 6.07) is 30.4. The van der Waals surface area contributed by atoms with Crippen LogP contribution in [0, 0.1) is 6.92 Å². The zero-order valence-corrected chi connectivity index (χ0v) is 27.5. The van der Waals surface area contributed by atoms with Gasteiger partial charge in [0.05, 0.1) is 4.90 Å². The lowest BCUT2D eigenvalue weighted by molar-refractivity contribution is -0.133.